The molecule has 2 aromatic rings. The van der Waals surface area contributed by atoms with Crippen LogP contribution in [-0.4, -0.2) is 81.9 Å². The number of aryl methyl sites for hydroxylation is 1. The maximum Gasteiger partial charge on any atom is 0.322 e. The standard InChI is InChI=1S/C30H35FN6O5/c31-19-12-28(6-1-10-37(28)14-19)17-41-27-32-23-13-30(8-5-18-3-4-20(38)11-22(18)30)42-15-21(23)24(33-27)36-9-2-7-29(16-36)25(39)34-26(40)35-29/h3-4,11,19,38H,1-2,5-10,12-17H2,(H2,34,35,39,40)/t19-,28+,29?,30?/m1/s1. The van der Waals surface area contributed by atoms with Crippen molar-refractivity contribution in [2.75, 3.05) is 37.7 Å². The summed E-state index contributed by atoms with van der Waals surface area (Å²) in [7, 11) is 0. The molecule has 3 amide bonds. The highest BCUT2D eigenvalue weighted by Crippen LogP contribution is 2.48. The first-order valence-corrected chi connectivity index (χ1v) is 15.0. The highest BCUT2D eigenvalue weighted by Gasteiger charge is 2.51. The summed E-state index contributed by atoms with van der Waals surface area (Å²) in [5.74, 6) is 0.523. The number of nitrogens with one attached hydrogen (secondary N) is 2. The van der Waals surface area contributed by atoms with Crippen LogP contribution < -0.4 is 20.3 Å². The molecule has 8 rings (SSSR count). The molecule has 11 nitrogen and oxygen atoms in total. The number of halogens is 1. The zero-order valence-corrected chi connectivity index (χ0v) is 23.5. The molecule has 2 unspecified atom stereocenters. The first-order valence-electron chi connectivity index (χ1n) is 15.0. The molecule has 6 heterocycles. The topological polar surface area (TPSA) is 129 Å². The Morgan fingerprint density at radius 1 is 1.17 bits per heavy atom. The Morgan fingerprint density at radius 2 is 2.05 bits per heavy atom. The van der Waals surface area contributed by atoms with Gasteiger partial charge >= 0.3 is 12.0 Å². The molecule has 1 aromatic carbocycles. The second-order valence-corrected chi connectivity index (χ2v) is 12.9. The van der Waals surface area contributed by atoms with Crippen LogP contribution in [0.2, 0.25) is 0 Å². The lowest BCUT2D eigenvalue weighted by atomic mass is 9.86. The van der Waals surface area contributed by atoms with E-state index in [4.69, 9.17) is 19.4 Å². The number of amides is 3. The number of ether oxygens (including phenoxy) is 2. The molecule has 12 heteroatoms. The van der Waals surface area contributed by atoms with Gasteiger partial charge in [-0.15, -0.1) is 0 Å². The van der Waals surface area contributed by atoms with Crippen molar-refractivity contribution >= 4 is 17.8 Å². The zero-order valence-electron chi connectivity index (χ0n) is 23.5. The van der Waals surface area contributed by atoms with Crippen LogP contribution in [0, 0.1) is 0 Å². The van der Waals surface area contributed by atoms with Gasteiger partial charge in [0.15, 0.2) is 0 Å². The predicted octanol–water partition coefficient (Wildman–Crippen LogP) is 2.23. The molecule has 4 atom stereocenters. The fourth-order valence-electron chi connectivity index (χ4n) is 8.36. The minimum absolute atomic E-state index is 0.204. The van der Waals surface area contributed by atoms with Gasteiger partial charge in [0.2, 0.25) is 0 Å². The Hall–Kier alpha value is -3.51. The van der Waals surface area contributed by atoms with E-state index in [2.05, 4.69) is 15.5 Å². The molecular formula is C30H35FN6O5. The van der Waals surface area contributed by atoms with Gasteiger partial charge in [0.1, 0.15) is 29.9 Å². The third-order valence-electron chi connectivity index (χ3n) is 10.4. The summed E-state index contributed by atoms with van der Waals surface area (Å²) >= 11 is 0. The number of aromatic nitrogens is 2. The Labute approximate surface area is 242 Å². The molecule has 3 N–H and O–H groups in total. The third kappa shape index (κ3) is 3.98. The minimum atomic E-state index is -1.02. The first kappa shape index (κ1) is 26.1. The Kier molecular flexibility index (Phi) is 5.75. The summed E-state index contributed by atoms with van der Waals surface area (Å²) in [6, 6.07) is 5.22. The third-order valence-corrected chi connectivity index (χ3v) is 10.4. The number of benzene rings is 1. The van der Waals surface area contributed by atoms with E-state index in [0.29, 0.717) is 51.2 Å². The van der Waals surface area contributed by atoms with E-state index >= 15 is 0 Å². The number of fused-ring (bicyclic) bond motifs is 4. The lowest BCUT2D eigenvalue weighted by molar-refractivity contribution is -0.124. The van der Waals surface area contributed by atoms with Crippen LogP contribution in [0.5, 0.6) is 11.8 Å². The molecule has 0 bridgehead atoms. The van der Waals surface area contributed by atoms with Crippen molar-refractivity contribution in [3.05, 3.63) is 40.6 Å². The molecule has 5 aliphatic heterocycles. The number of phenols is 1. The van der Waals surface area contributed by atoms with Gasteiger partial charge in [0, 0.05) is 31.5 Å². The van der Waals surface area contributed by atoms with Gasteiger partial charge < -0.3 is 24.8 Å². The maximum absolute atomic E-state index is 14.4. The number of phenolic OH excluding ortho intramolecular Hbond substituents is 1. The van der Waals surface area contributed by atoms with Gasteiger partial charge in [0.05, 0.1) is 30.0 Å². The van der Waals surface area contributed by atoms with Crippen molar-refractivity contribution in [1.82, 2.24) is 25.5 Å². The van der Waals surface area contributed by atoms with Crippen molar-refractivity contribution in [2.45, 2.75) is 80.8 Å². The second-order valence-electron chi connectivity index (χ2n) is 12.9. The van der Waals surface area contributed by atoms with Crippen LogP contribution in [0.3, 0.4) is 0 Å². The molecule has 1 aliphatic carbocycles. The number of hydrogen-bond donors (Lipinski definition) is 3. The smallest absolute Gasteiger partial charge is 0.322 e. The molecule has 42 heavy (non-hydrogen) atoms. The summed E-state index contributed by atoms with van der Waals surface area (Å²) < 4.78 is 27.4. The number of urea groups is 1. The number of hydrogen-bond acceptors (Lipinski definition) is 9. The number of carbonyl (C=O) groups is 2. The van der Waals surface area contributed by atoms with Crippen LogP contribution >= 0.6 is 0 Å². The number of alkyl halides is 1. The summed E-state index contributed by atoms with van der Waals surface area (Å²) in [6.45, 7) is 2.81. The average Bonchev–Trinajstić information content (AvgIpc) is 3.67. The van der Waals surface area contributed by atoms with E-state index in [-0.39, 0.29) is 36.4 Å². The van der Waals surface area contributed by atoms with Gasteiger partial charge in [-0.3, -0.25) is 15.0 Å². The molecular weight excluding hydrogens is 543 g/mol. The number of carbonyl (C=O) groups excluding carboxylic acids is 2. The first-order chi connectivity index (χ1) is 20.3. The average molecular weight is 579 g/mol. The maximum atomic E-state index is 14.4. The Bertz CT molecular complexity index is 1490. The number of rotatable bonds is 4. The van der Waals surface area contributed by atoms with Crippen LogP contribution in [0.1, 0.15) is 60.9 Å². The van der Waals surface area contributed by atoms with Crippen LogP contribution in [0.15, 0.2) is 18.2 Å². The number of piperidine rings is 1. The summed E-state index contributed by atoms with van der Waals surface area (Å²) in [4.78, 5) is 39.0. The van der Waals surface area contributed by atoms with Crippen molar-refractivity contribution in [3.8, 4) is 11.8 Å². The van der Waals surface area contributed by atoms with Gasteiger partial charge in [0.25, 0.3) is 5.91 Å². The Balaban J connectivity index is 1.16. The second kappa shape index (κ2) is 9.24. The van der Waals surface area contributed by atoms with Gasteiger partial charge in [-0.2, -0.15) is 9.97 Å². The van der Waals surface area contributed by atoms with E-state index < -0.39 is 23.3 Å². The van der Waals surface area contributed by atoms with E-state index in [1.165, 1.54) is 0 Å². The van der Waals surface area contributed by atoms with Crippen molar-refractivity contribution < 1.29 is 28.6 Å². The highest BCUT2D eigenvalue weighted by atomic mass is 19.1. The van der Waals surface area contributed by atoms with E-state index in [1.54, 1.807) is 12.1 Å². The van der Waals surface area contributed by atoms with Crippen LogP contribution in [0.4, 0.5) is 15.0 Å². The number of aromatic hydroxyl groups is 1. The monoisotopic (exact) mass is 578 g/mol. The quantitative estimate of drug-likeness (QED) is 0.468. The lowest BCUT2D eigenvalue weighted by Crippen LogP contribution is -2.59. The van der Waals surface area contributed by atoms with Crippen LogP contribution in [0.25, 0.3) is 0 Å². The molecule has 4 fully saturated rings. The number of imide groups is 1. The fourth-order valence-corrected chi connectivity index (χ4v) is 8.36. The van der Waals surface area contributed by atoms with E-state index in [0.717, 1.165) is 54.6 Å². The van der Waals surface area contributed by atoms with E-state index in [1.807, 2.05) is 11.0 Å². The molecule has 4 saturated heterocycles. The van der Waals surface area contributed by atoms with Gasteiger partial charge in [-0.25, -0.2) is 9.18 Å². The zero-order chi connectivity index (χ0) is 28.7. The highest BCUT2D eigenvalue weighted by molar-refractivity contribution is 6.07. The predicted molar refractivity (Wildman–Crippen MR) is 148 cm³/mol. The fraction of sp³-hybridized carbons (Fsp3) is 0.600. The van der Waals surface area contributed by atoms with Crippen molar-refractivity contribution in [3.63, 3.8) is 0 Å². The van der Waals surface area contributed by atoms with Crippen LogP contribution in [-0.2, 0) is 34.6 Å². The molecule has 6 aliphatic rings. The summed E-state index contributed by atoms with van der Waals surface area (Å²) in [6.07, 6.45) is 4.83. The molecule has 0 radical (unpaired) electrons. The normalized spacial score (nSPS) is 33.5. The minimum Gasteiger partial charge on any atom is -0.508 e. The Morgan fingerprint density at radius 3 is 2.90 bits per heavy atom. The van der Waals surface area contributed by atoms with Crippen molar-refractivity contribution in [1.29, 1.82) is 0 Å². The summed E-state index contributed by atoms with van der Waals surface area (Å²) in [5, 5.41) is 15.5. The van der Waals surface area contributed by atoms with Gasteiger partial charge in [-0.1, -0.05) is 6.07 Å². The number of nitrogens with zero attached hydrogens (tertiary/aromatic N) is 4. The van der Waals surface area contributed by atoms with Gasteiger partial charge in [-0.05, 0) is 68.3 Å². The largest absolute Gasteiger partial charge is 0.508 e. The molecule has 0 saturated carbocycles. The molecule has 222 valence electrons. The SMILES string of the molecule is O=C1NC(=O)C2(CCCN(c3nc(OC[C@@]45CCCN4C[C@H](F)C5)nc4c3COC3(CCc5ccc(O)cc53)C4)C2)N1. The molecule has 1 aromatic heterocycles. The van der Waals surface area contributed by atoms with Crippen molar-refractivity contribution in [2.24, 2.45) is 0 Å². The van der Waals surface area contributed by atoms with E-state index in [9.17, 15) is 19.1 Å². The number of anilines is 1. The summed E-state index contributed by atoms with van der Waals surface area (Å²) in [5.41, 5.74) is 1.83. The lowest BCUT2D eigenvalue weighted by Gasteiger charge is -2.41. The molecule has 2 spiro atoms.